The lowest BCUT2D eigenvalue weighted by atomic mass is 10.1. The standard InChI is InChI=1S/C31H26P2/c1-5-14-24(15-6-1)28-29(25-16-7-2-8-17-25)32(28)22-13-23-33-30(26-18-9-3-10-19-26)31(33)27-20-11-4-12-21-27/h1-12,14-21H,13,22-23H2. The first-order valence-corrected chi connectivity index (χ1v) is 14.7. The highest BCUT2D eigenvalue weighted by atomic mass is 31.1. The van der Waals surface area contributed by atoms with Crippen LogP contribution >= 0.6 is 15.8 Å². The van der Waals surface area contributed by atoms with Crippen molar-refractivity contribution < 1.29 is 0 Å². The van der Waals surface area contributed by atoms with E-state index < -0.39 is 0 Å². The van der Waals surface area contributed by atoms with Crippen molar-refractivity contribution >= 4 is 37.1 Å². The van der Waals surface area contributed by atoms with E-state index in [0.29, 0.717) is 0 Å². The van der Waals surface area contributed by atoms with Gasteiger partial charge in [-0.3, -0.25) is 0 Å². The SMILES string of the molecule is c1ccc(C2=C(c3ccccc3)P2CCCP2C(c3ccccc3)=C2c2ccccc2)cc1. The third kappa shape index (κ3) is 4.27. The van der Waals surface area contributed by atoms with Gasteiger partial charge in [0.15, 0.2) is 0 Å². The molecule has 0 N–H and O–H groups in total. The summed E-state index contributed by atoms with van der Waals surface area (Å²) in [4.78, 5) is 0. The molecule has 0 atom stereocenters. The molecule has 0 radical (unpaired) electrons. The maximum absolute atomic E-state index is 2.29. The van der Waals surface area contributed by atoms with E-state index in [1.165, 1.54) is 41.0 Å². The Morgan fingerprint density at radius 3 is 0.818 bits per heavy atom. The van der Waals surface area contributed by atoms with E-state index in [4.69, 9.17) is 0 Å². The van der Waals surface area contributed by atoms with Crippen molar-refractivity contribution in [1.29, 1.82) is 0 Å². The molecule has 0 saturated carbocycles. The van der Waals surface area contributed by atoms with Gasteiger partial charge in [0.25, 0.3) is 0 Å². The molecule has 0 aromatic heterocycles. The molecule has 4 aromatic carbocycles. The van der Waals surface area contributed by atoms with Gasteiger partial charge in [0.1, 0.15) is 0 Å². The molecular weight excluding hydrogens is 434 g/mol. The minimum atomic E-state index is -0.145. The average molecular weight is 460 g/mol. The second kappa shape index (κ2) is 9.23. The first kappa shape index (κ1) is 20.8. The number of hydrogen-bond donors (Lipinski definition) is 0. The Balaban J connectivity index is 1.17. The van der Waals surface area contributed by atoms with Crippen molar-refractivity contribution in [3.8, 4) is 0 Å². The second-order valence-corrected chi connectivity index (χ2v) is 12.9. The summed E-state index contributed by atoms with van der Waals surface area (Å²) in [5.74, 6) is 0. The molecule has 2 heteroatoms. The Morgan fingerprint density at radius 2 is 0.576 bits per heavy atom. The fourth-order valence-corrected chi connectivity index (χ4v) is 10.5. The van der Waals surface area contributed by atoms with Crippen LogP contribution < -0.4 is 0 Å². The van der Waals surface area contributed by atoms with Crippen LogP contribution in [0.15, 0.2) is 121 Å². The van der Waals surface area contributed by atoms with Crippen LogP contribution in [0.2, 0.25) is 0 Å². The molecule has 0 nitrogen and oxygen atoms in total. The molecule has 0 saturated heterocycles. The molecule has 0 aliphatic carbocycles. The lowest BCUT2D eigenvalue weighted by Gasteiger charge is -2.06. The molecule has 0 unspecified atom stereocenters. The van der Waals surface area contributed by atoms with Gasteiger partial charge >= 0.3 is 0 Å². The van der Waals surface area contributed by atoms with E-state index in [1.54, 1.807) is 21.3 Å². The van der Waals surface area contributed by atoms with Gasteiger partial charge in [-0.15, -0.1) is 0 Å². The van der Waals surface area contributed by atoms with Crippen molar-refractivity contribution in [2.45, 2.75) is 6.42 Å². The number of rotatable bonds is 8. The second-order valence-electron chi connectivity index (χ2n) is 8.52. The lowest BCUT2D eigenvalue weighted by Crippen LogP contribution is -1.83. The van der Waals surface area contributed by atoms with Crippen LogP contribution in [0.5, 0.6) is 0 Å². The zero-order chi connectivity index (χ0) is 22.0. The van der Waals surface area contributed by atoms with Gasteiger partial charge in [0.05, 0.1) is 0 Å². The summed E-state index contributed by atoms with van der Waals surface area (Å²) in [7, 11) is -0.289. The molecule has 2 heterocycles. The Morgan fingerprint density at radius 1 is 0.333 bits per heavy atom. The summed E-state index contributed by atoms with van der Waals surface area (Å²) in [5, 5.41) is 6.50. The van der Waals surface area contributed by atoms with E-state index in [2.05, 4.69) is 121 Å². The molecule has 4 aromatic rings. The Hall–Kier alpha value is -2.78. The topological polar surface area (TPSA) is 0 Å². The van der Waals surface area contributed by atoms with Crippen LogP contribution in [-0.2, 0) is 0 Å². The molecular formula is C31H26P2. The smallest absolute Gasteiger partial charge is 0.00368 e. The first-order valence-electron chi connectivity index (χ1n) is 11.7. The third-order valence-electron chi connectivity index (χ3n) is 6.38. The predicted octanol–water partition coefficient (Wildman–Crippen LogP) is 9.42. The normalized spacial score (nSPS) is 15.8. The third-order valence-corrected chi connectivity index (χ3v) is 11.5. The van der Waals surface area contributed by atoms with Crippen LogP contribution in [-0.4, -0.2) is 12.3 Å². The summed E-state index contributed by atoms with van der Waals surface area (Å²) >= 11 is 0. The maximum Gasteiger partial charge on any atom is -0.00368 e. The zero-order valence-corrected chi connectivity index (χ0v) is 20.4. The van der Waals surface area contributed by atoms with E-state index in [0.717, 1.165) is 0 Å². The lowest BCUT2D eigenvalue weighted by molar-refractivity contribution is 1.12. The van der Waals surface area contributed by atoms with E-state index in [-0.39, 0.29) is 15.8 Å². The summed E-state index contributed by atoms with van der Waals surface area (Å²) in [6.07, 6.45) is 3.93. The van der Waals surface area contributed by atoms with Gasteiger partial charge in [-0.25, -0.2) is 0 Å². The molecule has 160 valence electrons. The van der Waals surface area contributed by atoms with Crippen molar-refractivity contribution in [3.63, 3.8) is 0 Å². The molecule has 33 heavy (non-hydrogen) atoms. The van der Waals surface area contributed by atoms with E-state index in [9.17, 15) is 0 Å². The van der Waals surface area contributed by atoms with Crippen molar-refractivity contribution in [2.75, 3.05) is 12.3 Å². The summed E-state index contributed by atoms with van der Waals surface area (Å²) < 4.78 is 0. The van der Waals surface area contributed by atoms with Crippen molar-refractivity contribution in [3.05, 3.63) is 144 Å². The molecule has 0 fully saturated rings. The largest absolute Gasteiger partial charge is 0.0622 e. The summed E-state index contributed by atoms with van der Waals surface area (Å²) in [6.45, 7) is 0. The monoisotopic (exact) mass is 460 g/mol. The molecule has 2 aliphatic heterocycles. The van der Waals surface area contributed by atoms with Crippen molar-refractivity contribution in [2.24, 2.45) is 0 Å². The minimum absolute atomic E-state index is 0.145. The summed E-state index contributed by atoms with van der Waals surface area (Å²) in [5.41, 5.74) is 5.70. The van der Waals surface area contributed by atoms with Crippen LogP contribution in [0.3, 0.4) is 0 Å². The molecule has 0 spiro atoms. The fourth-order valence-electron chi connectivity index (χ4n) is 4.78. The molecule has 0 bridgehead atoms. The maximum atomic E-state index is 2.29. The van der Waals surface area contributed by atoms with Crippen molar-refractivity contribution in [1.82, 2.24) is 0 Å². The highest BCUT2D eigenvalue weighted by molar-refractivity contribution is 7.89. The van der Waals surface area contributed by atoms with E-state index in [1.807, 2.05) is 0 Å². The Labute approximate surface area is 199 Å². The average Bonchev–Trinajstić information content (AvgIpc) is 3.80. The minimum Gasteiger partial charge on any atom is -0.0622 e. The molecule has 2 aliphatic rings. The quantitative estimate of drug-likeness (QED) is 0.230. The molecule has 0 amide bonds. The Bertz CT molecular complexity index is 1100. The van der Waals surface area contributed by atoms with Gasteiger partial charge in [-0.2, -0.15) is 0 Å². The number of hydrogen-bond acceptors (Lipinski definition) is 0. The molecule has 6 rings (SSSR count). The van der Waals surface area contributed by atoms with E-state index >= 15 is 0 Å². The van der Waals surface area contributed by atoms with Crippen LogP contribution in [0.1, 0.15) is 28.7 Å². The van der Waals surface area contributed by atoms with Gasteiger partial charge in [-0.1, -0.05) is 121 Å². The van der Waals surface area contributed by atoms with Gasteiger partial charge in [-0.05, 0) is 78.1 Å². The zero-order valence-electron chi connectivity index (χ0n) is 18.6. The van der Waals surface area contributed by atoms with Crippen LogP contribution in [0.25, 0.3) is 21.3 Å². The highest BCUT2D eigenvalue weighted by Crippen LogP contribution is 2.81. The van der Waals surface area contributed by atoms with Crippen LogP contribution in [0.4, 0.5) is 0 Å². The first-order chi connectivity index (χ1) is 16.4. The van der Waals surface area contributed by atoms with Crippen LogP contribution in [0, 0.1) is 0 Å². The van der Waals surface area contributed by atoms with Gasteiger partial charge < -0.3 is 0 Å². The summed E-state index contributed by atoms with van der Waals surface area (Å²) in [6, 6.07) is 44.1. The van der Waals surface area contributed by atoms with Gasteiger partial charge in [0, 0.05) is 0 Å². The number of benzene rings is 4. The predicted molar refractivity (Wildman–Crippen MR) is 148 cm³/mol. The fraction of sp³-hybridized carbons (Fsp3) is 0.0968. The Kier molecular flexibility index (Phi) is 5.82. The van der Waals surface area contributed by atoms with Gasteiger partial charge in [0.2, 0.25) is 0 Å². The highest BCUT2D eigenvalue weighted by Gasteiger charge is 2.40.